The van der Waals surface area contributed by atoms with Crippen molar-refractivity contribution in [2.75, 3.05) is 0 Å². The average Bonchev–Trinajstić information content (AvgIpc) is 2.34. The molecule has 0 spiro atoms. The molecule has 2 rings (SSSR count). The van der Waals surface area contributed by atoms with Gasteiger partial charge in [0, 0.05) is 10.6 Å². The van der Waals surface area contributed by atoms with Gasteiger partial charge in [-0.3, -0.25) is 9.36 Å². The van der Waals surface area contributed by atoms with E-state index in [9.17, 15) is 9.18 Å². The third-order valence-corrected chi connectivity index (χ3v) is 4.10. The van der Waals surface area contributed by atoms with Crippen molar-refractivity contribution in [3.8, 4) is 0 Å². The highest BCUT2D eigenvalue weighted by Gasteiger charge is 2.09. The highest BCUT2D eigenvalue weighted by molar-refractivity contribution is 14.1. The minimum atomic E-state index is -0.420. The Morgan fingerprint density at radius 3 is 2.83 bits per heavy atom. The summed E-state index contributed by atoms with van der Waals surface area (Å²) < 4.78 is 15.1. The van der Waals surface area contributed by atoms with Crippen molar-refractivity contribution >= 4 is 45.8 Å². The monoisotopic (exact) mass is 398 g/mol. The Hall–Kier alpha value is -0.660. The molecule has 94 valence electrons. The van der Waals surface area contributed by atoms with E-state index in [-0.39, 0.29) is 17.3 Å². The SMILES string of the molecule is O=c1c(I)c(Cl)ncn1Cc1cc(Cl)ccc1F. The summed E-state index contributed by atoms with van der Waals surface area (Å²) in [5.74, 6) is -0.420. The summed E-state index contributed by atoms with van der Waals surface area (Å²) in [6, 6.07) is 4.19. The number of hydrogen-bond donors (Lipinski definition) is 0. The summed E-state index contributed by atoms with van der Waals surface area (Å²) in [7, 11) is 0. The first-order chi connectivity index (χ1) is 8.49. The molecule has 0 fully saturated rings. The lowest BCUT2D eigenvalue weighted by atomic mass is 10.2. The lowest BCUT2D eigenvalue weighted by molar-refractivity contribution is 0.593. The minimum absolute atomic E-state index is 0.0609. The third-order valence-electron chi connectivity index (χ3n) is 2.29. The summed E-state index contributed by atoms with van der Waals surface area (Å²) in [5, 5.41) is 0.555. The minimum Gasteiger partial charge on any atom is -0.294 e. The Kier molecular flexibility index (Phi) is 4.24. The largest absolute Gasteiger partial charge is 0.294 e. The molecular weight excluding hydrogens is 393 g/mol. The molecule has 0 aliphatic rings. The Bertz CT molecular complexity index is 660. The van der Waals surface area contributed by atoms with Gasteiger partial charge in [0.25, 0.3) is 5.56 Å². The number of benzene rings is 1. The molecule has 0 unspecified atom stereocenters. The Morgan fingerprint density at radius 2 is 2.11 bits per heavy atom. The average molecular weight is 399 g/mol. The number of aromatic nitrogens is 2. The maximum absolute atomic E-state index is 13.5. The van der Waals surface area contributed by atoms with Gasteiger partial charge in [-0.2, -0.15) is 0 Å². The van der Waals surface area contributed by atoms with E-state index < -0.39 is 5.82 Å². The fraction of sp³-hybridized carbons (Fsp3) is 0.0909. The smallest absolute Gasteiger partial charge is 0.268 e. The maximum Gasteiger partial charge on any atom is 0.268 e. The van der Waals surface area contributed by atoms with Gasteiger partial charge in [0.1, 0.15) is 14.5 Å². The van der Waals surface area contributed by atoms with Crippen LogP contribution in [0.25, 0.3) is 0 Å². The van der Waals surface area contributed by atoms with Crippen LogP contribution in [-0.4, -0.2) is 9.55 Å². The van der Waals surface area contributed by atoms with Crippen molar-refractivity contribution in [1.29, 1.82) is 0 Å². The van der Waals surface area contributed by atoms with Crippen LogP contribution in [-0.2, 0) is 6.54 Å². The topological polar surface area (TPSA) is 34.9 Å². The van der Waals surface area contributed by atoms with Crippen LogP contribution in [0.4, 0.5) is 4.39 Å². The molecule has 0 aliphatic heterocycles. The Labute approximate surface area is 126 Å². The van der Waals surface area contributed by atoms with Crippen molar-refractivity contribution in [2.24, 2.45) is 0 Å². The summed E-state index contributed by atoms with van der Waals surface area (Å²) >= 11 is 13.3. The van der Waals surface area contributed by atoms with Crippen LogP contribution < -0.4 is 5.56 Å². The van der Waals surface area contributed by atoms with E-state index >= 15 is 0 Å². The standard InChI is InChI=1S/C11H6Cl2FIN2O/c12-7-1-2-8(14)6(3-7)4-17-5-16-10(13)9(15)11(17)18/h1-3,5H,4H2. The lowest BCUT2D eigenvalue weighted by Crippen LogP contribution is -2.24. The van der Waals surface area contributed by atoms with Gasteiger partial charge in [-0.1, -0.05) is 23.2 Å². The van der Waals surface area contributed by atoms with Crippen LogP contribution >= 0.6 is 45.8 Å². The highest BCUT2D eigenvalue weighted by Crippen LogP contribution is 2.16. The second-order valence-electron chi connectivity index (χ2n) is 3.52. The molecule has 0 amide bonds. The summed E-state index contributed by atoms with van der Waals surface area (Å²) in [5.41, 5.74) is 0.0134. The molecule has 18 heavy (non-hydrogen) atoms. The fourth-order valence-corrected chi connectivity index (χ4v) is 2.17. The van der Waals surface area contributed by atoms with Crippen LogP contribution in [0.3, 0.4) is 0 Å². The summed E-state index contributed by atoms with van der Waals surface area (Å²) in [6.45, 7) is 0.0609. The number of hydrogen-bond acceptors (Lipinski definition) is 2. The van der Waals surface area contributed by atoms with Gasteiger partial charge < -0.3 is 0 Å². The highest BCUT2D eigenvalue weighted by atomic mass is 127. The van der Waals surface area contributed by atoms with Gasteiger partial charge in [0.2, 0.25) is 0 Å². The quantitative estimate of drug-likeness (QED) is 0.574. The number of nitrogens with zero attached hydrogens (tertiary/aromatic N) is 2. The maximum atomic E-state index is 13.5. The van der Waals surface area contributed by atoms with Crippen LogP contribution in [0.2, 0.25) is 10.2 Å². The second kappa shape index (κ2) is 5.54. The first kappa shape index (κ1) is 13.8. The molecule has 1 heterocycles. The van der Waals surface area contributed by atoms with Gasteiger partial charge in [-0.05, 0) is 40.8 Å². The zero-order valence-electron chi connectivity index (χ0n) is 8.83. The summed E-state index contributed by atoms with van der Waals surface area (Å²) in [4.78, 5) is 15.7. The molecule has 0 N–H and O–H groups in total. The third kappa shape index (κ3) is 2.84. The Balaban J connectivity index is 2.44. The molecule has 0 saturated heterocycles. The van der Waals surface area contributed by atoms with Gasteiger partial charge in [0.05, 0.1) is 12.9 Å². The summed E-state index contributed by atoms with van der Waals surface area (Å²) in [6.07, 6.45) is 1.28. The molecule has 0 bridgehead atoms. The van der Waals surface area contributed by atoms with Crippen molar-refractivity contribution in [1.82, 2.24) is 9.55 Å². The number of halogens is 4. The van der Waals surface area contributed by atoms with Crippen molar-refractivity contribution in [2.45, 2.75) is 6.54 Å². The molecule has 0 aliphatic carbocycles. The number of rotatable bonds is 2. The van der Waals surface area contributed by atoms with E-state index in [1.54, 1.807) is 22.6 Å². The van der Waals surface area contributed by atoms with E-state index in [1.165, 1.54) is 29.1 Å². The second-order valence-corrected chi connectivity index (χ2v) is 5.39. The van der Waals surface area contributed by atoms with E-state index in [0.717, 1.165) is 0 Å². The normalized spacial score (nSPS) is 10.7. The van der Waals surface area contributed by atoms with Crippen LogP contribution in [0.15, 0.2) is 29.3 Å². The molecule has 1 aromatic heterocycles. The predicted octanol–water partition coefficient (Wildman–Crippen LogP) is 3.34. The lowest BCUT2D eigenvalue weighted by Gasteiger charge is -2.07. The molecule has 0 radical (unpaired) electrons. The molecule has 0 saturated carbocycles. The van der Waals surface area contributed by atoms with Crippen LogP contribution in [0.1, 0.15) is 5.56 Å². The molecule has 7 heteroatoms. The molecule has 3 nitrogen and oxygen atoms in total. The van der Waals surface area contributed by atoms with E-state index in [2.05, 4.69) is 4.98 Å². The van der Waals surface area contributed by atoms with E-state index in [0.29, 0.717) is 14.2 Å². The van der Waals surface area contributed by atoms with Crippen molar-refractivity contribution in [3.05, 3.63) is 60.0 Å². The molecule has 0 atom stereocenters. The van der Waals surface area contributed by atoms with Crippen LogP contribution in [0, 0.1) is 9.39 Å². The molecular formula is C11H6Cl2FIN2O. The van der Waals surface area contributed by atoms with Gasteiger partial charge in [-0.15, -0.1) is 0 Å². The van der Waals surface area contributed by atoms with Crippen LogP contribution in [0.5, 0.6) is 0 Å². The zero-order chi connectivity index (χ0) is 13.3. The Morgan fingerprint density at radius 1 is 1.39 bits per heavy atom. The van der Waals surface area contributed by atoms with E-state index in [4.69, 9.17) is 23.2 Å². The van der Waals surface area contributed by atoms with Gasteiger partial charge in [-0.25, -0.2) is 9.37 Å². The molecule has 1 aromatic carbocycles. The van der Waals surface area contributed by atoms with Gasteiger partial charge in [0.15, 0.2) is 0 Å². The first-order valence-corrected chi connectivity index (χ1v) is 6.67. The van der Waals surface area contributed by atoms with Crippen molar-refractivity contribution in [3.63, 3.8) is 0 Å². The van der Waals surface area contributed by atoms with E-state index in [1.807, 2.05) is 0 Å². The molecule has 2 aromatic rings. The van der Waals surface area contributed by atoms with Crippen molar-refractivity contribution < 1.29 is 4.39 Å². The first-order valence-electron chi connectivity index (χ1n) is 4.83. The predicted molar refractivity (Wildman–Crippen MR) is 76.7 cm³/mol. The van der Waals surface area contributed by atoms with Gasteiger partial charge >= 0.3 is 0 Å². The zero-order valence-corrected chi connectivity index (χ0v) is 12.5. The fourth-order valence-electron chi connectivity index (χ4n) is 1.40.